The molecular weight excluding hydrogens is 1280 g/mol. The number of ether oxygens (including phenoxy) is 2. The van der Waals surface area contributed by atoms with Gasteiger partial charge in [0.15, 0.2) is 36.5 Å². The highest BCUT2D eigenvalue weighted by Crippen LogP contribution is 2.23. The number of methoxy groups -OCH3 is 2. The Labute approximate surface area is 451 Å². The van der Waals surface area contributed by atoms with Crippen LogP contribution in [0.2, 0.25) is 0 Å². The van der Waals surface area contributed by atoms with Gasteiger partial charge in [-0.2, -0.15) is 0 Å². The van der Waals surface area contributed by atoms with E-state index < -0.39 is 0 Å². The zero-order valence-corrected chi connectivity index (χ0v) is 50.4. The molecule has 0 aromatic heterocycles. The van der Waals surface area contributed by atoms with Crippen molar-refractivity contribution < 1.29 is 94.3 Å². The minimum Gasteiger partial charge on any atom is -0.492 e. The number of hydrogen-bond donors (Lipinski definition) is 0. The lowest BCUT2D eigenvalue weighted by molar-refractivity contribution is -0.599. The summed E-state index contributed by atoms with van der Waals surface area (Å²) < 4.78 is 22.5. The van der Waals surface area contributed by atoms with Gasteiger partial charge in [-0.25, -0.2) is 0 Å². The van der Waals surface area contributed by atoms with Gasteiger partial charge in [0, 0.05) is 0 Å². The van der Waals surface area contributed by atoms with Crippen LogP contribution in [0.25, 0.3) is 0 Å². The van der Waals surface area contributed by atoms with E-state index in [-0.39, 0.29) is 95.7 Å². The molecule has 352 valence electrons. The van der Waals surface area contributed by atoms with Crippen LogP contribution in [0.3, 0.4) is 0 Å². The first kappa shape index (κ1) is 55.2. The third-order valence-electron chi connectivity index (χ3n) is 10.4. The van der Waals surface area contributed by atoms with E-state index in [1.807, 2.05) is 0 Å². The van der Waals surface area contributed by atoms with Gasteiger partial charge in [-0.1, -0.05) is 155 Å². The second-order valence-corrected chi connectivity index (χ2v) is 30.3. The Morgan fingerprint density at radius 2 is 0.544 bits per heavy atom. The Morgan fingerprint density at radius 3 is 0.809 bits per heavy atom. The third-order valence-corrected chi connectivity index (χ3v) is 21.4. The third kappa shape index (κ3) is 19.2. The monoisotopic (exact) mass is 1350 g/mol. The van der Waals surface area contributed by atoms with Crippen molar-refractivity contribution in [3.63, 3.8) is 0 Å². The molecule has 8 rings (SSSR count). The van der Waals surface area contributed by atoms with Gasteiger partial charge in [0.2, 0.25) is 0 Å². The van der Waals surface area contributed by atoms with Crippen molar-refractivity contribution in [2.24, 2.45) is 0 Å². The first-order chi connectivity index (χ1) is 32.5. The Kier molecular flexibility index (Phi) is 22.4. The molecule has 0 saturated heterocycles. The largest absolute Gasteiger partial charge is 0.492 e. The van der Waals surface area contributed by atoms with E-state index in [2.05, 4.69) is 263 Å². The molecule has 0 radical (unpaired) electrons. The number of aryl methyl sites for hydroxylation is 4. The molecule has 0 N–H and O–H groups in total. The molecule has 2 nitrogen and oxygen atoms in total. The molecule has 0 heterocycles. The molecule has 6 heteroatoms. The normalized spacial score (nSPS) is 10.9. The minimum absolute atomic E-state index is 0.00313. The zero-order valence-electron chi connectivity index (χ0n) is 41.8. The summed E-state index contributed by atoms with van der Waals surface area (Å²) in [4.78, 5) is 0. The average Bonchev–Trinajstić information content (AvgIpc) is 3.32. The van der Waals surface area contributed by atoms with Crippen LogP contribution in [0.5, 0.6) is 11.5 Å². The molecule has 8 aromatic rings. The van der Waals surface area contributed by atoms with Gasteiger partial charge in [0.05, 0.1) is 14.2 Å². The van der Waals surface area contributed by atoms with Gasteiger partial charge >= 0.3 is 84.8 Å². The smallest absolute Gasteiger partial charge is 0.366 e. The summed E-state index contributed by atoms with van der Waals surface area (Å²) in [5.41, 5.74) is 8.44. The van der Waals surface area contributed by atoms with Crippen molar-refractivity contribution in [1.82, 2.24) is 0 Å². The predicted molar refractivity (Wildman–Crippen MR) is 271 cm³/mol. The van der Waals surface area contributed by atoms with E-state index in [9.17, 15) is 0 Å². The van der Waals surface area contributed by atoms with Crippen molar-refractivity contribution >= 4 is 0 Å². The highest BCUT2D eigenvalue weighted by atomic mass is 127. The molecule has 0 aliphatic carbocycles. The Bertz CT molecular complexity index is 2520. The zero-order chi connectivity index (χ0) is 49.1. The van der Waals surface area contributed by atoms with Crippen molar-refractivity contribution in [2.75, 3.05) is 14.2 Å². The standard InChI is InChI=1S/C20H26I.C16H18IO2.C14H14I.C12H10I/c1-19(2,3)15-7-11-17(12-8-15)21-18-13-9-16(10-14-18)20(4,5)6;1-11-5-7-13(8-6-11)17-16-14(18-3)9-12(2)10-15(16)19-4;1-11-3-7-13(8-4-11)15-14-9-5-12(2)6-10-14;1-3-7-11(8-4-1)13-12-9-5-2-6-10-12/h7-14H,1-6H3;5-10H,1-4H3;3-10H,1-2H3;1-10H/q4*+1. The molecule has 0 spiro atoms. The molecule has 0 unspecified atom stereocenters. The van der Waals surface area contributed by atoms with E-state index in [4.69, 9.17) is 9.47 Å². The van der Waals surface area contributed by atoms with Crippen LogP contribution in [0.4, 0.5) is 0 Å². The van der Waals surface area contributed by atoms with Crippen molar-refractivity contribution in [2.45, 2.75) is 80.1 Å². The predicted octanol–water partition coefficient (Wildman–Crippen LogP) is 3.11. The Hall–Kier alpha value is -3.72. The fourth-order valence-corrected chi connectivity index (χ4v) is 15.6. The summed E-state index contributed by atoms with van der Waals surface area (Å²) in [6.45, 7) is 22.0. The summed E-state index contributed by atoms with van der Waals surface area (Å²) in [7, 11) is 3.44. The van der Waals surface area contributed by atoms with Gasteiger partial charge in [-0.15, -0.1) is 0 Å². The van der Waals surface area contributed by atoms with E-state index in [1.54, 1.807) is 14.2 Å². The van der Waals surface area contributed by atoms with Gasteiger partial charge in [0.1, 0.15) is 0 Å². The number of rotatable bonds is 10. The Morgan fingerprint density at radius 1 is 0.294 bits per heavy atom. The van der Waals surface area contributed by atoms with Gasteiger partial charge < -0.3 is 9.47 Å². The maximum Gasteiger partial charge on any atom is 0.366 e. The first-order valence-corrected chi connectivity index (χ1v) is 31.4. The Balaban J connectivity index is 0.000000172. The molecule has 0 aliphatic heterocycles. The lowest BCUT2D eigenvalue weighted by Crippen LogP contribution is -3.61. The topological polar surface area (TPSA) is 18.5 Å². The lowest BCUT2D eigenvalue weighted by Gasteiger charge is -2.18. The van der Waals surface area contributed by atoms with Crippen LogP contribution in [-0.4, -0.2) is 14.2 Å². The maximum absolute atomic E-state index is 5.51. The molecule has 0 amide bonds. The van der Waals surface area contributed by atoms with Crippen molar-refractivity contribution in [3.8, 4) is 11.5 Å². The highest BCUT2D eigenvalue weighted by Gasteiger charge is 2.27. The lowest BCUT2D eigenvalue weighted by atomic mass is 9.87. The minimum atomic E-state index is -0.303. The van der Waals surface area contributed by atoms with Crippen LogP contribution in [0.15, 0.2) is 194 Å². The van der Waals surface area contributed by atoms with Crippen LogP contribution in [-0.2, 0) is 10.8 Å². The summed E-state index contributed by atoms with van der Waals surface area (Å²) >= 11 is -0.341. The number of halogens is 4. The van der Waals surface area contributed by atoms with E-state index in [0.29, 0.717) is 0 Å². The molecule has 0 fully saturated rings. The van der Waals surface area contributed by atoms with Crippen LogP contribution >= 0.6 is 0 Å². The van der Waals surface area contributed by atoms with Crippen molar-refractivity contribution in [1.29, 1.82) is 0 Å². The highest BCUT2D eigenvalue weighted by molar-refractivity contribution is 5.37. The molecule has 8 aromatic carbocycles. The van der Waals surface area contributed by atoms with Crippen LogP contribution in [0.1, 0.15) is 74.9 Å². The summed E-state index contributed by atoms with van der Waals surface area (Å²) in [6.07, 6.45) is 0. The average molecular weight is 1350 g/mol. The maximum atomic E-state index is 5.51. The summed E-state index contributed by atoms with van der Waals surface area (Å²) in [6, 6.07) is 70.5. The van der Waals surface area contributed by atoms with Gasteiger partial charge in [-0.05, 0) is 152 Å². The molecule has 0 bridgehead atoms. The fraction of sp³-hybridized carbons (Fsp3) is 0.226. The molecule has 0 saturated carbocycles. The van der Waals surface area contributed by atoms with Crippen molar-refractivity contribution in [3.05, 3.63) is 256 Å². The van der Waals surface area contributed by atoms with E-state index in [0.717, 1.165) is 17.1 Å². The number of benzene rings is 8. The second kappa shape index (κ2) is 27.6. The van der Waals surface area contributed by atoms with Gasteiger partial charge in [0.25, 0.3) is 3.57 Å². The quantitative estimate of drug-likeness (QED) is 0.197. The molecule has 0 atom stereocenters. The molecule has 68 heavy (non-hydrogen) atoms. The number of hydrogen-bond acceptors (Lipinski definition) is 2. The fourth-order valence-electron chi connectivity index (χ4n) is 6.35. The summed E-state index contributed by atoms with van der Waals surface area (Å²) in [5.74, 6) is 1.87. The van der Waals surface area contributed by atoms with Crippen LogP contribution in [0, 0.1) is 56.3 Å². The van der Waals surface area contributed by atoms with E-state index >= 15 is 0 Å². The van der Waals surface area contributed by atoms with Crippen LogP contribution < -0.4 is 94.3 Å². The molecule has 0 aliphatic rings. The SMILES string of the molecule is CC(C)(C)c1ccc([I+]c2ccc(C(C)(C)C)cc2)cc1.COc1cc(C)cc(OC)c1[I+]c1ccc(C)cc1.Cc1ccc([I+]c2ccc(C)cc2)cc1.c1ccc([I+]c2ccccc2)cc1. The van der Waals surface area contributed by atoms with E-state index in [1.165, 1.54) is 56.4 Å². The summed E-state index contributed by atoms with van der Waals surface area (Å²) in [5, 5.41) is 0. The first-order valence-electron chi connectivity index (χ1n) is 22.8. The van der Waals surface area contributed by atoms with Gasteiger partial charge in [-0.3, -0.25) is 0 Å². The molecular formula is C62H68I4O2+4. The second-order valence-electron chi connectivity index (χ2n) is 18.4.